The molecule has 0 amide bonds. The summed E-state index contributed by atoms with van der Waals surface area (Å²) in [4.78, 5) is 0. The summed E-state index contributed by atoms with van der Waals surface area (Å²) in [5.74, 6) is 0.801. The monoisotopic (exact) mass is 288 g/mol. The molecule has 19 heavy (non-hydrogen) atoms. The zero-order chi connectivity index (χ0) is 13.9. The van der Waals surface area contributed by atoms with Crippen LogP contribution in [-0.4, -0.2) is 32.3 Å². The van der Waals surface area contributed by atoms with Gasteiger partial charge in [0, 0.05) is 18.6 Å². The fraction of sp³-hybridized carbons (Fsp3) is 1.00. The lowest BCUT2D eigenvalue weighted by molar-refractivity contribution is 0.306. The molecule has 2 aliphatic rings. The van der Waals surface area contributed by atoms with Crippen molar-refractivity contribution in [3.05, 3.63) is 0 Å². The smallest absolute Gasteiger partial charge is 0.215 e. The third-order valence-corrected chi connectivity index (χ3v) is 6.44. The maximum absolute atomic E-state index is 12.2. The zero-order valence-corrected chi connectivity index (χ0v) is 13.0. The van der Waals surface area contributed by atoms with Crippen molar-refractivity contribution in [3.8, 4) is 0 Å². The first kappa shape index (κ1) is 15.3. The number of sulfonamides is 1. The van der Waals surface area contributed by atoms with E-state index in [0.29, 0.717) is 12.6 Å². The van der Waals surface area contributed by atoms with Crippen molar-refractivity contribution in [2.75, 3.05) is 6.54 Å². The van der Waals surface area contributed by atoms with Gasteiger partial charge in [0.2, 0.25) is 10.0 Å². The molecule has 0 heterocycles. The minimum Gasteiger partial charge on any atom is -0.313 e. The molecule has 2 aliphatic carbocycles. The topological polar surface area (TPSA) is 58.2 Å². The molecule has 1 unspecified atom stereocenters. The van der Waals surface area contributed by atoms with Gasteiger partial charge >= 0.3 is 0 Å². The lowest BCUT2D eigenvalue weighted by atomic mass is 9.85. The quantitative estimate of drug-likeness (QED) is 0.753. The van der Waals surface area contributed by atoms with E-state index in [9.17, 15) is 8.42 Å². The molecule has 4 nitrogen and oxygen atoms in total. The lowest BCUT2D eigenvalue weighted by Gasteiger charge is -2.29. The van der Waals surface area contributed by atoms with E-state index in [2.05, 4.69) is 17.0 Å². The van der Waals surface area contributed by atoms with Crippen LogP contribution in [0.25, 0.3) is 0 Å². The van der Waals surface area contributed by atoms with Crippen molar-refractivity contribution in [1.82, 2.24) is 10.0 Å². The van der Waals surface area contributed by atoms with Gasteiger partial charge in [-0.1, -0.05) is 13.3 Å². The second kappa shape index (κ2) is 6.55. The van der Waals surface area contributed by atoms with E-state index in [-0.39, 0.29) is 11.3 Å². The van der Waals surface area contributed by atoms with E-state index < -0.39 is 10.0 Å². The largest absolute Gasteiger partial charge is 0.313 e. The minimum absolute atomic E-state index is 0.163. The molecule has 2 N–H and O–H groups in total. The fourth-order valence-electron chi connectivity index (χ4n) is 2.77. The molecular weight excluding hydrogens is 260 g/mol. The first-order chi connectivity index (χ1) is 9.01. The summed E-state index contributed by atoms with van der Waals surface area (Å²) in [5, 5.41) is 2.96. The highest BCUT2D eigenvalue weighted by Crippen LogP contribution is 2.27. The summed E-state index contributed by atoms with van der Waals surface area (Å²) in [7, 11) is -3.16. The van der Waals surface area contributed by atoms with Crippen LogP contribution >= 0.6 is 0 Å². The lowest BCUT2D eigenvalue weighted by Crippen LogP contribution is -2.45. The van der Waals surface area contributed by atoms with Crippen LogP contribution in [0, 0.1) is 5.92 Å². The SMILES string of the molecule is CCC1CCC(NS(=O)(=O)C(C)CNC2CC2)CC1. The minimum atomic E-state index is -3.16. The van der Waals surface area contributed by atoms with Gasteiger partial charge < -0.3 is 5.32 Å². The van der Waals surface area contributed by atoms with Gasteiger partial charge in [-0.2, -0.15) is 0 Å². The summed E-state index contributed by atoms with van der Waals surface area (Å²) in [6, 6.07) is 0.730. The molecule has 0 aromatic rings. The Bertz CT molecular complexity index is 371. The Morgan fingerprint density at radius 1 is 1.05 bits per heavy atom. The number of nitrogens with one attached hydrogen (secondary N) is 2. The molecule has 112 valence electrons. The fourth-order valence-corrected chi connectivity index (χ4v) is 4.02. The summed E-state index contributed by atoms with van der Waals surface area (Å²) < 4.78 is 27.4. The summed E-state index contributed by atoms with van der Waals surface area (Å²) in [6.45, 7) is 4.60. The Kier molecular flexibility index (Phi) is 5.26. The van der Waals surface area contributed by atoms with Crippen molar-refractivity contribution in [1.29, 1.82) is 0 Å². The first-order valence-corrected chi connectivity index (χ1v) is 9.30. The first-order valence-electron chi connectivity index (χ1n) is 7.75. The van der Waals surface area contributed by atoms with Gasteiger partial charge in [-0.05, 0) is 51.4 Å². The van der Waals surface area contributed by atoms with Crippen molar-refractivity contribution in [3.63, 3.8) is 0 Å². The van der Waals surface area contributed by atoms with Gasteiger partial charge in [-0.15, -0.1) is 0 Å². The third-order valence-electron chi connectivity index (χ3n) is 4.56. The highest BCUT2D eigenvalue weighted by atomic mass is 32.2. The molecule has 5 heteroatoms. The third kappa shape index (κ3) is 4.72. The van der Waals surface area contributed by atoms with E-state index in [1.165, 1.54) is 32.1 Å². The van der Waals surface area contributed by atoms with Crippen LogP contribution in [-0.2, 0) is 10.0 Å². The molecule has 0 radical (unpaired) electrons. The van der Waals surface area contributed by atoms with Gasteiger partial charge in [-0.3, -0.25) is 0 Å². The second-order valence-electron chi connectivity index (χ2n) is 6.28. The molecule has 0 bridgehead atoms. The van der Waals surface area contributed by atoms with Crippen LogP contribution in [0.2, 0.25) is 0 Å². The average Bonchev–Trinajstić information content (AvgIpc) is 3.20. The van der Waals surface area contributed by atoms with E-state index in [4.69, 9.17) is 0 Å². The van der Waals surface area contributed by atoms with Crippen LogP contribution in [0.15, 0.2) is 0 Å². The van der Waals surface area contributed by atoms with Crippen molar-refractivity contribution in [2.45, 2.75) is 76.1 Å². The summed E-state index contributed by atoms with van der Waals surface area (Å²) >= 11 is 0. The maximum Gasteiger partial charge on any atom is 0.215 e. The van der Waals surface area contributed by atoms with E-state index >= 15 is 0 Å². The highest BCUT2D eigenvalue weighted by molar-refractivity contribution is 7.90. The van der Waals surface area contributed by atoms with E-state index in [1.54, 1.807) is 6.92 Å². The highest BCUT2D eigenvalue weighted by Gasteiger charge is 2.29. The van der Waals surface area contributed by atoms with Gasteiger partial charge in [0.1, 0.15) is 0 Å². The Balaban J connectivity index is 1.76. The predicted molar refractivity (Wildman–Crippen MR) is 78.6 cm³/mol. The van der Waals surface area contributed by atoms with Gasteiger partial charge in [-0.25, -0.2) is 13.1 Å². The Hall–Kier alpha value is -0.130. The molecule has 2 rings (SSSR count). The molecule has 0 saturated heterocycles. The summed E-state index contributed by atoms with van der Waals surface area (Å²) in [5.41, 5.74) is 0. The Labute approximate surface area is 117 Å². The number of rotatable bonds is 7. The average molecular weight is 288 g/mol. The number of hydrogen-bond acceptors (Lipinski definition) is 3. The molecule has 2 saturated carbocycles. The van der Waals surface area contributed by atoms with Gasteiger partial charge in [0.05, 0.1) is 5.25 Å². The standard InChI is InChI=1S/C14H28N2O2S/c1-3-12-4-6-14(7-5-12)16-19(17,18)11(2)10-15-13-8-9-13/h11-16H,3-10H2,1-2H3. The van der Waals surface area contributed by atoms with Crippen LogP contribution in [0.1, 0.15) is 58.8 Å². The Morgan fingerprint density at radius 3 is 2.16 bits per heavy atom. The van der Waals surface area contributed by atoms with Crippen LogP contribution in [0.5, 0.6) is 0 Å². The van der Waals surface area contributed by atoms with Crippen molar-refractivity contribution in [2.24, 2.45) is 5.92 Å². The molecule has 0 aliphatic heterocycles. The van der Waals surface area contributed by atoms with Crippen LogP contribution < -0.4 is 10.0 Å². The molecular formula is C14H28N2O2S. The van der Waals surface area contributed by atoms with Crippen molar-refractivity contribution >= 4 is 10.0 Å². The normalized spacial score (nSPS) is 30.2. The van der Waals surface area contributed by atoms with E-state index in [0.717, 1.165) is 18.8 Å². The summed E-state index contributed by atoms with van der Waals surface area (Å²) in [6.07, 6.45) is 7.95. The molecule has 1 atom stereocenters. The van der Waals surface area contributed by atoms with Crippen molar-refractivity contribution < 1.29 is 8.42 Å². The Morgan fingerprint density at radius 2 is 1.63 bits per heavy atom. The molecule has 0 spiro atoms. The van der Waals surface area contributed by atoms with Gasteiger partial charge in [0.15, 0.2) is 0 Å². The van der Waals surface area contributed by atoms with Crippen LogP contribution in [0.3, 0.4) is 0 Å². The van der Waals surface area contributed by atoms with Gasteiger partial charge in [0.25, 0.3) is 0 Å². The molecule has 0 aromatic heterocycles. The molecule has 0 aromatic carbocycles. The van der Waals surface area contributed by atoms with E-state index in [1.807, 2.05) is 0 Å². The van der Waals surface area contributed by atoms with Crippen LogP contribution in [0.4, 0.5) is 0 Å². The maximum atomic E-state index is 12.2. The second-order valence-corrected chi connectivity index (χ2v) is 8.41. The number of hydrogen-bond donors (Lipinski definition) is 2. The zero-order valence-electron chi connectivity index (χ0n) is 12.2. The predicted octanol–water partition coefficient (Wildman–Crippen LogP) is 2.02. The molecule has 2 fully saturated rings.